The highest BCUT2D eigenvalue weighted by molar-refractivity contribution is 5.99. The minimum atomic E-state index is -1.52. The molecule has 11 amide bonds. The summed E-state index contributed by atoms with van der Waals surface area (Å²) in [5.41, 5.74) is 24.3. The van der Waals surface area contributed by atoms with Gasteiger partial charge in [-0.15, -0.1) is 11.8 Å². The molecule has 12 atom stereocenters. The highest BCUT2D eigenvalue weighted by Gasteiger charge is 2.50. The topological polar surface area (TPSA) is 416 Å². The van der Waals surface area contributed by atoms with E-state index in [1.807, 2.05) is 6.07 Å². The first-order valence-electron chi connectivity index (χ1n) is 30.8. The van der Waals surface area contributed by atoms with Crippen LogP contribution in [0.3, 0.4) is 0 Å². The van der Waals surface area contributed by atoms with E-state index < -0.39 is 126 Å². The van der Waals surface area contributed by atoms with Crippen molar-refractivity contribution in [2.24, 2.45) is 40.7 Å². The van der Waals surface area contributed by atoms with Gasteiger partial charge in [-0.2, -0.15) is 0 Å². The summed E-state index contributed by atoms with van der Waals surface area (Å²) in [6.07, 6.45) is 1.80. The Labute approximate surface area is 523 Å². The zero-order valence-electron chi connectivity index (χ0n) is 50.6. The van der Waals surface area contributed by atoms with Crippen molar-refractivity contribution in [2.45, 2.75) is 164 Å². The first kappa shape index (κ1) is 68.0. The summed E-state index contributed by atoms with van der Waals surface area (Å²) in [6, 6.07) is 15.5. The van der Waals surface area contributed by atoms with Gasteiger partial charge in [0.25, 0.3) is 0 Å². The summed E-state index contributed by atoms with van der Waals surface area (Å²) in [5, 5.41) is 26.3. The number of nitrogens with zero attached hydrogens (tertiary/aromatic N) is 2. The molecule has 1 unspecified atom stereocenters. The molecule has 0 radical (unpaired) electrons. The van der Waals surface area contributed by atoms with Gasteiger partial charge in [-0.25, -0.2) is 4.79 Å². The quantitative estimate of drug-likeness (QED) is 0.0169. The SMILES string of the molecule is CC1C[C@H](NC(=O)[C@H](Cc2ccccc2)NC(=O)OC[C@H]2[C@@H]3CCC#CCC[C@@H]32)C(=O)N1[C@@H](Cc1ccccc1)C(=O)N[C@@H](CCC(N)=O)C(=O)N1CCC[C@H]1C(=O)N[C@@H](CCC(N)=O)C(=O)N[C@@H](CCCNC(=N)N)C(=O)N[C@@H](Cc1ccccc1)C(N)=O. The van der Waals surface area contributed by atoms with Crippen LogP contribution in [0.5, 0.6) is 0 Å². The van der Waals surface area contributed by atoms with Gasteiger partial charge in [-0.1, -0.05) is 91.0 Å². The lowest BCUT2D eigenvalue weighted by atomic mass is 10.0. The van der Waals surface area contributed by atoms with Crippen molar-refractivity contribution in [3.8, 4) is 11.8 Å². The Morgan fingerprint density at radius 3 is 1.70 bits per heavy atom. The Bertz CT molecular complexity index is 3110. The van der Waals surface area contributed by atoms with Gasteiger partial charge < -0.3 is 74.7 Å². The zero-order valence-corrected chi connectivity index (χ0v) is 50.6. The largest absolute Gasteiger partial charge is 0.449 e. The number of primary amides is 3. The van der Waals surface area contributed by atoms with E-state index in [0.717, 1.165) is 31.2 Å². The number of benzene rings is 3. The monoisotopic (exact) mass is 1240 g/mol. The molecule has 3 fully saturated rings. The van der Waals surface area contributed by atoms with Gasteiger partial charge in [0.1, 0.15) is 48.3 Å². The van der Waals surface area contributed by atoms with Crippen molar-refractivity contribution < 1.29 is 57.5 Å². The summed E-state index contributed by atoms with van der Waals surface area (Å²) in [5.74, 6) is -0.818. The number of guanidine groups is 1. The van der Waals surface area contributed by atoms with E-state index in [9.17, 15) is 52.7 Å². The van der Waals surface area contributed by atoms with Gasteiger partial charge in [0, 0.05) is 64.1 Å². The van der Waals surface area contributed by atoms with Crippen LogP contribution < -0.4 is 60.2 Å². The number of likely N-dealkylation sites (tertiary alicyclic amines) is 2. The van der Waals surface area contributed by atoms with Crippen molar-refractivity contribution in [3.63, 3.8) is 0 Å². The second kappa shape index (κ2) is 33.2. The third-order valence-corrected chi connectivity index (χ3v) is 17.0. The summed E-state index contributed by atoms with van der Waals surface area (Å²) in [7, 11) is 0. The first-order valence-corrected chi connectivity index (χ1v) is 30.8. The number of fused-ring (bicyclic) bond motifs is 1. The Morgan fingerprint density at radius 1 is 0.622 bits per heavy atom. The molecular weight excluding hydrogens is 1160 g/mol. The van der Waals surface area contributed by atoms with Crippen molar-refractivity contribution in [1.82, 2.24) is 47.0 Å². The number of carbonyl (C=O) groups is 11. The molecule has 0 bridgehead atoms. The average Bonchev–Trinajstić information content (AvgIpc) is 1.78. The average molecular weight is 1240 g/mol. The van der Waals surface area contributed by atoms with Gasteiger partial charge in [-0.3, -0.25) is 53.4 Å². The van der Waals surface area contributed by atoms with Crippen LogP contribution in [0.15, 0.2) is 91.0 Å². The predicted molar refractivity (Wildman–Crippen MR) is 330 cm³/mol. The first-order chi connectivity index (χ1) is 43.2. The minimum absolute atomic E-state index is 0.00976. The number of amides is 11. The lowest BCUT2D eigenvalue weighted by Gasteiger charge is -2.34. The van der Waals surface area contributed by atoms with Crippen molar-refractivity contribution >= 4 is 71.1 Å². The molecule has 7 rings (SSSR count). The number of hydrogen-bond acceptors (Lipinski definition) is 13. The molecule has 482 valence electrons. The number of ether oxygens (including phenoxy) is 1. The van der Waals surface area contributed by atoms with Gasteiger partial charge in [0.05, 0.1) is 6.61 Å². The molecule has 0 aromatic heterocycles. The normalized spacial score (nSPS) is 21.0. The van der Waals surface area contributed by atoms with Crippen molar-refractivity contribution in [3.05, 3.63) is 108 Å². The van der Waals surface area contributed by atoms with E-state index in [-0.39, 0.29) is 102 Å². The maximum atomic E-state index is 15.0. The molecule has 26 nitrogen and oxygen atoms in total. The van der Waals surface area contributed by atoms with Crippen LogP contribution in [0.4, 0.5) is 4.79 Å². The maximum absolute atomic E-state index is 15.0. The van der Waals surface area contributed by atoms with Crippen LogP contribution in [0, 0.1) is 35.0 Å². The molecule has 3 aromatic rings. The predicted octanol–water partition coefficient (Wildman–Crippen LogP) is -0.0671. The summed E-state index contributed by atoms with van der Waals surface area (Å²) >= 11 is 0. The van der Waals surface area contributed by atoms with Crippen molar-refractivity contribution in [2.75, 3.05) is 19.7 Å². The van der Waals surface area contributed by atoms with Gasteiger partial charge in [0.15, 0.2) is 5.96 Å². The standard InChI is InChI=1S/C64H84N14O12/c1-38-33-50(75-58(84)49(35-40-19-9-5-10-20-40)76-64(89)90-37-44-42-23-13-2-3-14-24-43(42)44)62(88)78(38)52(36-41-21-11-6-12-22-41)60(86)73-47(28-30-54(66)80)61(87)77-32-16-26-51(77)59(85)72-46(27-29-53(65)79)57(83)71-45(25-15-31-70-63(68)69)56(82)74-48(55(67)81)34-39-17-7-4-8-18-39/h4-12,17-22,38,42-52H,13-16,23-37H2,1H3,(H2,65,79)(H2,66,80)(H2,67,81)(H,71,83)(H,72,85)(H,73,86)(H,74,82)(H,75,84)(H,76,89)(H4,68,69,70)/t38?,42-,43+,44+,45-,46-,47-,48-,49-,50-,51-,52-/m0/s1. The maximum Gasteiger partial charge on any atom is 0.407 e. The van der Waals surface area contributed by atoms with Crippen LogP contribution in [0.1, 0.15) is 107 Å². The molecule has 2 aliphatic carbocycles. The molecule has 2 saturated heterocycles. The van der Waals surface area contributed by atoms with E-state index >= 15 is 0 Å². The van der Waals surface area contributed by atoms with Crippen LogP contribution in [0.25, 0.3) is 0 Å². The Morgan fingerprint density at radius 2 is 1.14 bits per heavy atom. The lowest BCUT2D eigenvalue weighted by molar-refractivity contribution is -0.145. The highest BCUT2D eigenvalue weighted by Crippen LogP contribution is 2.52. The second-order valence-corrected chi connectivity index (χ2v) is 23.5. The van der Waals surface area contributed by atoms with Crippen LogP contribution in [-0.4, -0.2) is 155 Å². The fourth-order valence-electron chi connectivity index (χ4n) is 12.2. The molecule has 3 aromatic carbocycles. The lowest BCUT2D eigenvalue weighted by Crippen LogP contribution is -2.60. The Hall–Kier alpha value is -9.54. The molecular formula is C64H84N14O12. The van der Waals surface area contributed by atoms with E-state index in [4.69, 9.17) is 33.1 Å². The van der Waals surface area contributed by atoms with Gasteiger partial charge in [0.2, 0.25) is 59.1 Å². The number of hydrogen-bond donors (Lipinski definition) is 12. The summed E-state index contributed by atoms with van der Waals surface area (Å²) in [4.78, 5) is 155. The number of carbonyl (C=O) groups excluding carboxylic acids is 11. The molecule has 4 aliphatic rings. The Kier molecular flexibility index (Phi) is 25.0. The number of rotatable bonds is 32. The van der Waals surface area contributed by atoms with E-state index in [2.05, 4.69) is 49.1 Å². The zero-order chi connectivity index (χ0) is 64.9. The fraction of sp³-hybridized carbons (Fsp3) is 0.500. The molecule has 0 spiro atoms. The van der Waals surface area contributed by atoms with Crippen LogP contribution in [-0.2, 0) is 71.9 Å². The number of alkyl carbamates (subject to hydrolysis) is 1. The van der Waals surface area contributed by atoms with Gasteiger partial charge in [-0.05, 0) is 99.2 Å². The fourth-order valence-corrected chi connectivity index (χ4v) is 12.2. The van der Waals surface area contributed by atoms with Crippen LogP contribution in [0.2, 0.25) is 0 Å². The van der Waals surface area contributed by atoms with E-state index in [1.54, 1.807) is 91.9 Å². The second-order valence-electron chi connectivity index (χ2n) is 23.5. The van der Waals surface area contributed by atoms with Gasteiger partial charge >= 0.3 is 6.09 Å². The molecule has 2 aliphatic heterocycles. The van der Waals surface area contributed by atoms with Crippen molar-refractivity contribution in [1.29, 1.82) is 5.41 Å². The van der Waals surface area contributed by atoms with Crippen LogP contribution >= 0.6 is 0 Å². The molecule has 1 saturated carbocycles. The van der Waals surface area contributed by atoms with E-state index in [1.165, 1.54) is 9.80 Å². The van der Waals surface area contributed by atoms with E-state index in [0.29, 0.717) is 23.0 Å². The summed E-state index contributed by atoms with van der Waals surface area (Å²) < 4.78 is 5.71. The molecule has 90 heavy (non-hydrogen) atoms. The molecule has 26 heteroatoms. The smallest absolute Gasteiger partial charge is 0.407 e. The third-order valence-electron chi connectivity index (χ3n) is 17.0. The minimum Gasteiger partial charge on any atom is -0.449 e. The third kappa shape index (κ3) is 20.0. The molecule has 16 N–H and O–H groups in total. The summed E-state index contributed by atoms with van der Waals surface area (Å²) in [6.45, 7) is 2.01. The molecule has 2 heterocycles. The number of nitrogens with one attached hydrogen (secondary N) is 8. The number of nitrogens with two attached hydrogens (primary N) is 4. The Balaban J connectivity index is 1.05. The highest BCUT2D eigenvalue weighted by atomic mass is 16.5.